The van der Waals surface area contributed by atoms with Gasteiger partial charge in [0.1, 0.15) is 5.54 Å². The first-order valence-corrected chi connectivity index (χ1v) is 9.22. The standard InChI is InChI=1S/C19H19N5O4S/c1-19(14-7-9-15(10-8-14)24(27)28)16(25)23(18(26)21-19)22-17(29)20-12-11-13-5-3-2-4-6-13/h2-10H,11-12H2,1H3,(H,21,26)(H2,20,22,29)/t19-/m0/s1. The van der Waals surface area contributed by atoms with Crippen LogP contribution in [0.1, 0.15) is 18.1 Å². The maximum atomic E-state index is 12.8. The largest absolute Gasteiger partial charge is 0.361 e. The summed E-state index contributed by atoms with van der Waals surface area (Å²) in [7, 11) is 0. The summed E-state index contributed by atoms with van der Waals surface area (Å²) in [5.41, 5.74) is 2.69. The van der Waals surface area contributed by atoms with Gasteiger partial charge in [0.15, 0.2) is 5.11 Å². The number of hydrogen-bond donors (Lipinski definition) is 3. The molecule has 1 fully saturated rings. The topological polar surface area (TPSA) is 117 Å². The maximum Gasteiger partial charge on any atom is 0.344 e. The van der Waals surface area contributed by atoms with Crippen LogP contribution in [0.4, 0.5) is 10.5 Å². The SMILES string of the molecule is C[C@@]1(c2ccc([N+](=O)[O-])cc2)NC(=O)N(NC(=S)NCCc2ccccc2)C1=O. The van der Waals surface area contributed by atoms with E-state index in [1.807, 2.05) is 30.3 Å². The van der Waals surface area contributed by atoms with Crippen molar-refractivity contribution in [3.8, 4) is 0 Å². The molecule has 2 aromatic rings. The summed E-state index contributed by atoms with van der Waals surface area (Å²) >= 11 is 5.18. The summed E-state index contributed by atoms with van der Waals surface area (Å²) < 4.78 is 0. The maximum absolute atomic E-state index is 12.8. The molecule has 1 aliphatic rings. The summed E-state index contributed by atoms with van der Waals surface area (Å²) in [6.45, 7) is 2.06. The van der Waals surface area contributed by atoms with Gasteiger partial charge in [-0.1, -0.05) is 30.3 Å². The van der Waals surface area contributed by atoms with Crippen molar-refractivity contribution in [2.75, 3.05) is 6.54 Å². The quantitative estimate of drug-likeness (QED) is 0.287. The molecule has 1 aliphatic heterocycles. The normalized spacial score (nSPS) is 18.3. The lowest BCUT2D eigenvalue weighted by Gasteiger charge is -2.22. The Morgan fingerprint density at radius 3 is 2.45 bits per heavy atom. The van der Waals surface area contributed by atoms with Gasteiger partial charge in [0.25, 0.3) is 11.6 Å². The van der Waals surface area contributed by atoms with E-state index >= 15 is 0 Å². The molecule has 3 rings (SSSR count). The first kappa shape index (κ1) is 20.2. The van der Waals surface area contributed by atoms with Crippen LogP contribution in [0.5, 0.6) is 0 Å². The smallest absolute Gasteiger partial charge is 0.344 e. The Morgan fingerprint density at radius 2 is 1.83 bits per heavy atom. The fraction of sp³-hybridized carbons (Fsp3) is 0.211. The minimum absolute atomic E-state index is 0.104. The molecular formula is C19H19N5O4S. The molecule has 1 saturated heterocycles. The molecule has 3 N–H and O–H groups in total. The number of hydrogen-bond acceptors (Lipinski definition) is 5. The number of non-ortho nitro benzene ring substituents is 1. The number of nitrogens with one attached hydrogen (secondary N) is 3. The number of hydrazine groups is 1. The highest BCUT2D eigenvalue weighted by molar-refractivity contribution is 7.80. The van der Waals surface area contributed by atoms with Gasteiger partial charge < -0.3 is 10.6 Å². The van der Waals surface area contributed by atoms with Crippen molar-refractivity contribution in [3.05, 3.63) is 75.8 Å². The highest BCUT2D eigenvalue weighted by Gasteiger charge is 2.49. The van der Waals surface area contributed by atoms with Gasteiger partial charge in [-0.25, -0.2) is 4.79 Å². The van der Waals surface area contributed by atoms with Crippen molar-refractivity contribution in [3.63, 3.8) is 0 Å². The van der Waals surface area contributed by atoms with Gasteiger partial charge in [-0.15, -0.1) is 0 Å². The number of imide groups is 1. The van der Waals surface area contributed by atoms with Crippen molar-refractivity contribution >= 4 is 35.0 Å². The molecule has 3 amide bonds. The summed E-state index contributed by atoms with van der Waals surface area (Å²) in [6, 6.07) is 14.6. The van der Waals surface area contributed by atoms with Crippen molar-refractivity contribution in [2.45, 2.75) is 18.9 Å². The summed E-state index contributed by atoms with van der Waals surface area (Å²) in [5, 5.41) is 17.3. The van der Waals surface area contributed by atoms with Crippen molar-refractivity contribution in [1.29, 1.82) is 0 Å². The summed E-state index contributed by atoms with van der Waals surface area (Å²) in [4.78, 5) is 35.4. The number of carbonyl (C=O) groups is 2. The third-order valence-electron chi connectivity index (χ3n) is 4.60. The number of nitrogens with zero attached hydrogens (tertiary/aromatic N) is 2. The zero-order chi connectivity index (χ0) is 21.0. The third kappa shape index (κ3) is 4.32. The van der Waals surface area contributed by atoms with Gasteiger partial charge in [-0.05, 0) is 48.8 Å². The molecule has 9 nitrogen and oxygen atoms in total. The molecule has 29 heavy (non-hydrogen) atoms. The third-order valence-corrected chi connectivity index (χ3v) is 4.84. The lowest BCUT2D eigenvalue weighted by atomic mass is 9.92. The van der Waals surface area contributed by atoms with E-state index in [0.717, 1.165) is 17.0 Å². The van der Waals surface area contributed by atoms with Crippen LogP contribution >= 0.6 is 12.2 Å². The molecule has 0 spiro atoms. The monoisotopic (exact) mass is 413 g/mol. The van der Waals surface area contributed by atoms with E-state index in [9.17, 15) is 19.7 Å². The number of nitro benzene ring substituents is 1. The molecule has 0 saturated carbocycles. The van der Waals surface area contributed by atoms with Crippen molar-refractivity contribution in [2.24, 2.45) is 0 Å². The van der Waals surface area contributed by atoms with Crippen LogP contribution < -0.4 is 16.1 Å². The van der Waals surface area contributed by atoms with E-state index in [2.05, 4.69) is 16.1 Å². The second-order valence-corrected chi connectivity index (χ2v) is 7.01. The number of urea groups is 1. The van der Waals surface area contributed by atoms with Crippen LogP contribution in [-0.2, 0) is 16.8 Å². The first-order valence-electron chi connectivity index (χ1n) is 8.81. The molecule has 0 aromatic heterocycles. The molecule has 0 bridgehead atoms. The van der Waals surface area contributed by atoms with Crippen LogP contribution in [0.3, 0.4) is 0 Å². The number of nitro groups is 1. The molecule has 0 radical (unpaired) electrons. The average Bonchev–Trinajstić information content (AvgIpc) is 2.93. The molecule has 10 heteroatoms. The number of rotatable bonds is 6. The lowest BCUT2D eigenvalue weighted by molar-refractivity contribution is -0.384. The zero-order valence-corrected chi connectivity index (χ0v) is 16.4. The molecule has 1 heterocycles. The molecule has 0 unspecified atom stereocenters. The van der Waals surface area contributed by atoms with Gasteiger partial charge in [-0.3, -0.25) is 20.3 Å². The number of benzene rings is 2. The van der Waals surface area contributed by atoms with E-state index < -0.39 is 22.4 Å². The fourth-order valence-electron chi connectivity index (χ4n) is 2.96. The highest BCUT2D eigenvalue weighted by atomic mass is 32.1. The Balaban J connectivity index is 1.62. The highest BCUT2D eigenvalue weighted by Crippen LogP contribution is 2.29. The fourth-order valence-corrected chi connectivity index (χ4v) is 3.15. The number of amides is 3. The molecular weight excluding hydrogens is 394 g/mol. The Bertz CT molecular complexity index is 951. The van der Waals surface area contributed by atoms with E-state index in [0.29, 0.717) is 12.1 Å². The molecule has 0 aliphatic carbocycles. The Labute approximate surface area is 172 Å². The van der Waals surface area contributed by atoms with Gasteiger partial charge in [-0.2, -0.15) is 5.01 Å². The van der Waals surface area contributed by atoms with E-state index in [4.69, 9.17) is 12.2 Å². The van der Waals surface area contributed by atoms with Crippen molar-refractivity contribution in [1.82, 2.24) is 21.1 Å². The van der Waals surface area contributed by atoms with Gasteiger partial charge in [0, 0.05) is 18.7 Å². The molecule has 150 valence electrons. The van der Waals surface area contributed by atoms with Gasteiger partial charge >= 0.3 is 6.03 Å². The van der Waals surface area contributed by atoms with Crippen LogP contribution in [0.2, 0.25) is 0 Å². The lowest BCUT2D eigenvalue weighted by Crippen LogP contribution is -2.51. The predicted molar refractivity (Wildman–Crippen MR) is 110 cm³/mol. The zero-order valence-electron chi connectivity index (χ0n) is 15.5. The Morgan fingerprint density at radius 1 is 1.17 bits per heavy atom. The van der Waals surface area contributed by atoms with Crippen molar-refractivity contribution < 1.29 is 14.5 Å². The first-order chi connectivity index (χ1) is 13.8. The van der Waals surface area contributed by atoms with E-state index in [1.165, 1.54) is 31.2 Å². The minimum Gasteiger partial charge on any atom is -0.361 e. The summed E-state index contributed by atoms with van der Waals surface area (Å²) in [6.07, 6.45) is 0.726. The van der Waals surface area contributed by atoms with Gasteiger partial charge in [0.05, 0.1) is 4.92 Å². The average molecular weight is 413 g/mol. The molecule has 2 aromatic carbocycles. The van der Waals surface area contributed by atoms with E-state index in [-0.39, 0.29) is 10.8 Å². The van der Waals surface area contributed by atoms with Crippen LogP contribution in [0.15, 0.2) is 54.6 Å². The van der Waals surface area contributed by atoms with Crippen LogP contribution in [0.25, 0.3) is 0 Å². The number of thiocarbonyl (C=S) groups is 1. The Kier molecular flexibility index (Phi) is 5.74. The number of carbonyl (C=O) groups excluding carboxylic acids is 2. The molecule has 1 atom stereocenters. The van der Waals surface area contributed by atoms with Crippen LogP contribution in [0, 0.1) is 10.1 Å². The predicted octanol–water partition coefficient (Wildman–Crippen LogP) is 1.98. The minimum atomic E-state index is -1.36. The second-order valence-electron chi connectivity index (χ2n) is 6.60. The second kappa shape index (κ2) is 8.23. The van der Waals surface area contributed by atoms with E-state index in [1.54, 1.807) is 0 Å². The summed E-state index contributed by atoms with van der Waals surface area (Å²) in [5.74, 6) is -0.566. The van der Waals surface area contributed by atoms with Gasteiger partial charge in [0.2, 0.25) is 0 Å². The van der Waals surface area contributed by atoms with Crippen LogP contribution in [-0.4, -0.2) is 33.5 Å². The Hall–Kier alpha value is -3.53.